The van der Waals surface area contributed by atoms with Gasteiger partial charge in [0.05, 0.1) is 0 Å². The molecule has 1 N–H and O–H groups in total. The fraction of sp³-hybridized carbons (Fsp3) is 0.0625. The van der Waals surface area contributed by atoms with E-state index in [1.54, 1.807) is 24.3 Å². The lowest BCUT2D eigenvalue weighted by Gasteiger charge is -2.05. The van der Waals surface area contributed by atoms with Crippen molar-refractivity contribution in [2.24, 2.45) is 0 Å². The summed E-state index contributed by atoms with van der Waals surface area (Å²) in [5.41, 5.74) is 2.17. The van der Waals surface area contributed by atoms with E-state index in [9.17, 15) is 14.4 Å². The molecule has 22 heavy (non-hydrogen) atoms. The summed E-state index contributed by atoms with van der Waals surface area (Å²) in [6.45, 7) is 1.18. The van der Waals surface area contributed by atoms with Crippen LogP contribution in [0.25, 0.3) is 20.2 Å². The van der Waals surface area contributed by atoms with Gasteiger partial charge in [-0.15, -0.1) is 11.3 Å². The van der Waals surface area contributed by atoms with E-state index in [1.807, 2.05) is 17.6 Å². The maximum atomic E-state index is 12.5. The Morgan fingerprint density at radius 1 is 1.05 bits per heavy atom. The summed E-state index contributed by atoms with van der Waals surface area (Å²) in [5.74, 6) is -1.19. The van der Waals surface area contributed by atoms with Crippen molar-refractivity contribution < 1.29 is 14.4 Å². The lowest BCUT2D eigenvalue weighted by molar-refractivity contribution is -0.146. The lowest BCUT2D eigenvalue weighted by Crippen LogP contribution is -2.25. The molecule has 0 unspecified atom stereocenters. The van der Waals surface area contributed by atoms with Crippen LogP contribution in [0.1, 0.15) is 17.3 Å². The topological polar surface area (TPSA) is 72.5 Å². The molecule has 5 nitrogen and oxygen atoms in total. The number of benzene rings is 2. The van der Waals surface area contributed by atoms with E-state index in [4.69, 9.17) is 0 Å². The SMILES string of the molecule is CC(=O)ONC(=O)c1ccc2sc3ccccc3c(=O)c2c1. The van der Waals surface area contributed by atoms with Gasteiger partial charge in [0.1, 0.15) is 0 Å². The first-order valence-corrected chi connectivity index (χ1v) is 7.31. The number of hydrogen-bond donors (Lipinski definition) is 1. The fourth-order valence-corrected chi connectivity index (χ4v) is 3.17. The molecule has 3 aromatic rings. The zero-order valence-electron chi connectivity index (χ0n) is 11.6. The number of fused-ring (bicyclic) bond motifs is 2. The summed E-state index contributed by atoms with van der Waals surface area (Å²) in [6.07, 6.45) is 0. The largest absolute Gasteiger partial charge is 0.341 e. The van der Waals surface area contributed by atoms with Crippen molar-refractivity contribution in [2.75, 3.05) is 0 Å². The number of hydrogen-bond acceptors (Lipinski definition) is 5. The number of amides is 1. The molecule has 2 aromatic carbocycles. The van der Waals surface area contributed by atoms with E-state index >= 15 is 0 Å². The molecule has 0 saturated carbocycles. The van der Waals surface area contributed by atoms with Gasteiger partial charge in [0.25, 0.3) is 5.91 Å². The molecule has 0 radical (unpaired) electrons. The first-order valence-electron chi connectivity index (χ1n) is 6.49. The van der Waals surface area contributed by atoms with Crippen LogP contribution in [0.2, 0.25) is 0 Å². The Hall–Kier alpha value is -2.73. The van der Waals surface area contributed by atoms with Crippen molar-refractivity contribution in [1.29, 1.82) is 0 Å². The molecule has 6 heteroatoms. The maximum absolute atomic E-state index is 12.5. The number of hydroxylamine groups is 1. The molecule has 0 aliphatic heterocycles. The highest BCUT2D eigenvalue weighted by Gasteiger charge is 2.11. The van der Waals surface area contributed by atoms with Gasteiger partial charge in [0.2, 0.25) is 0 Å². The van der Waals surface area contributed by atoms with Crippen molar-refractivity contribution in [1.82, 2.24) is 5.48 Å². The van der Waals surface area contributed by atoms with Gasteiger partial charge in [-0.1, -0.05) is 12.1 Å². The Kier molecular flexibility index (Phi) is 3.60. The zero-order valence-corrected chi connectivity index (χ0v) is 12.4. The van der Waals surface area contributed by atoms with E-state index in [2.05, 4.69) is 4.84 Å². The molecule has 0 saturated heterocycles. The fourth-order valence-electron chi connectivity index (χ4n) is 2.12. The van der Waals surface area contributed by atoms with Crippen LogP contribution >= 0.6 is 11.3 Å². The molecule has 110 valence electrons. The summed E-state index contributed by atoms with van der Waals surface area (Å²) in [5, 5.41) is 1.09. The van der Waals surface area contributed by atoms with E-state index < -0.39 is 11.9 Å². The van der Waals surface area contributed by atoms with Crippen LogP contribution in [-0.4, -0.2) is 11.9 Å². The molecule has 0 aliphatic carbocycles. The third-order valence-corrected chi connectivity index (χ3v) is 4.28. The van der Waals surface area contributed by atoms with Gasteiger partial charge in [-0.2, -0.15) is 5.48 Å². The van der Waals surface area contributed by atoms with Gasteiger partial charge >= 0.3 is 5.97 Å². The van der Waals surface area contributed by atoms with Crippen LogP contribution in [0.3, 0.4) is 0 Å². The second kappa shape index (κ2) is 5.57. The van der Waals surface area contributed by atoms with Gasteiger partial charge in [0, 0.05) is 32.7 Å². The Labute approximate surface area is 129 Å². The van der Waals surface area contributed by atoms with E-state index in [0.29, 0.717) is 10.8 Å². The summed E-state index contributed by atoms with van der Waals surface area (Å²) in [7, 11) is 0. The molecule has 0 atom stereocenters. The molecule has 1 aromatic heterocycles. The van der Waals surface area contributed by atoms with Gasteiger partial charge in [-0.05, 0) is 30.3 Å². The summed E-state index contributed by atoms with van der Waals surface area (Å²) in [4.78, 5) is 39.6. The third-order valence-electron chi connectivity index (χ3n) is 3.13. The van der Waals surface area contributed by atoms with Crippen LogP contribution < -0.4 is 10.9 Å². The van der Waals surface area contributed by atoms with E-state index in [1.165, 1.54) is 24.3 Å². The minimum absolute atomic E-state index is 0.119. The molecular formula is C16H11NO4S. The van der Waals surface area contributed by atoms with Gasteiger partial charge in [-0.25, -0.2) is 0 Å². The number of rotatable bonds is 1. The van der Waals surface area contributed by atoms with E-state index in [0.717, 1.165) is 9.40 Å². The number of nitrogens with one attached hydrogen (secondary N) is 1. The third kappa shape index (κ3) is 2.56. The van der Waals surface area contributed by atoms with Gasteiger partial charge in [-0.3, -0.25) is 14.4 Å². The van der Waals surface area contributed by atoms with Crippen molar-refractivity contribution in [3.63, 3.8) is 0 Å². The average Bonchev–Trinajstić information content (AvgIpc) is 2.52. The zero-order chi connectivity index (χ0) is 15.7. The second-order valence-corrected chi connectivity index (χ2v) is 5.75. The molecule has 1 amide bonds. The van der Waals surface area contributed by atoms with E-state index in [-0.39, 0.29) is 11.0 Å². The molecular weight excluding hydrogens is 302 g/mol. The van der Waals surface area contributed by atoms with Crippen molar-refractivity contribution in [3.8, 4) is 0 Å². The van der Waals surface area contributed by atoms with Crippen LogP contribution in [0, 0.1) is 0 Å². The molecule has 3 rings (SSSR count). The maximum Gasteiger partial charge on any atom is 0.329 e. The highest BCUT2D eigenvalue weighted by Crippen LogP contribution is 2.25. The highest BCUT2D eigenvalue weighted by molar-refractivity contribution is 7.24. The average molecular weight is 313 g/mol. The van der Waals surface area contributed by atoms with Crippen LogP contribution in [-0.2, 0) is 9.63 Å². The number of carbonyl (C=O) groups excluding carboxylic acids is 2. The normalized spacial score (nSPS) is 10.6. The van der Waals surface area contributed by atoms with Gasteiger partial charge < -0.3 is 4.84 Å². The Balaban J connectivity index is 2.11. The van der Waals surface area contributed by atoms with Crippen molar-refractivity contribution >= 4 is 43.4 Å². The van der Waals surface area contributed by atoms with Crippen LogP contribution in [0.15, 0.2) is 47.3 Å². The summed E-state index contributed by atoms with van der Waals surface area (Å²) in [6, 6.07) is 12.2. The first kappa shape index (κ1) is 14.2. The Morgan fingerprint density at radius 3 is 2.55 bits per heavy atom. The molecule has 0 fully saturated rings. The molecule has 0 aliphatic rings. The molecule has 1 heterocycles. The Bertz CT molecular complexity index is 961. The van der Waals surface area contributed by atoms with Crippen molar-refractivity contribution in [2.45, 2.75) is 6.92 Å². The lowest BCUT2D eigenvalue weighted by atomic mass is 10.1. The number of carbonyl (C=O) groups is 2. The molecule has 0 bridgehead atoms. The minimum atomic E-state index is -0.619. The van der Waals surface area contributed by atoms with Gasteiger partial charge in [0.15, 0.2) is 5.43 Å². The standard InChI is InChI=1S/C16H11NO4S/c1-9(18)21-17-16(20)10-6-7-14-12(8-10)15(19)11-4-2-3-5-13(11)22-14/h2-8H,1H3,(H,17,20). The summed E-state index contributed by atoms with van der Waals surface area (Å²) >= 11 is 1.49. The smallest absolute Gasteiger partial charge is 0.329 e. The predicted octanol–water partition coefficient (Wildman–Crippen LogP) is 2.62. The molecule has 0 spiro atoms. The Morgan fingerprint density at radius 2 is 1.77 bits per heavy atom. The highest BCUT2D eigenvalue weighted by atomic mass is 32.1. The first-order chi connectivity index (χ1) is 10.6. The van der Waals surface area contributed by atoms with Crippen LogP contribution in [0.4, 0.5) is 0 Å². The monoisotopic (exact) mass is 313 g/mol. The second-order valence-electron chi connectivity index (χ2n) is 4.66. The van der Waals surface area contributed by atoms with Crippen LogP contribution in [0.5, 0.6) is 0 Å². The predicted molar refractivity (Wildman–Crippen MR) is 84.8 cm³/mol. The van der Waals surface area contributed by atoms with Crippen molar-refractivity contribution in [3.05, 3.63) is 58.3 Å². The summed E-state index contributed by atoms with van der Waals surface area (Å²) < 4.78 is 1.70. The minimum Gasteiger partial charge on any atom is -0.341 e. The quantitative estimate of drug-likeness (QED) is 0.554.